The van der Waals surface area contributed by atoms with Crippen molar-refractivity contribution in [1.82, 2.24) is 5.32 Å². The molecule has 0 saturated heterocycles. The molecule has 3 aromatic carbocycles. The van der Waals surface area contributed by atoms with Crippen LogP contribution in [0, 0.1) is 0 Å². The van der Waals surface area contributed by atoms with Crippen molar-refractivity contribution in [1.29, 1.82) is 0 Å². The second-order valence-electron chi connectivity index (χ2n) is 9.89. The number of hydrogen-bond acceptors (Lipinski definition) is 5. The Hall–Kier alpha value is -4.06. The smallest absolute Gasteiger partial charge is 0.255 e. The minimum absolute atomic E-state index is 0.120. The van der Waals surface area contributed by atoms with Crippen LogP contribution >= 0.6 is 0 Å². The van der Waals surface area contributed by atoms with Crippen LogP contribution in [0.5, 0.6) is 11.5 Å². The highest BCUT2D eigenvalue weighted by Gasteiger charge is 2.28. The van der Waals surface area contributed by atoms with E-state index in [0.717, 1.165) is 42.0 Å². The van der Waals surface area contributed by atoms with Crippen LogP contribution in [0.4, 0.5) is 5.69 Å². The van der Waals surface area contributed by atoms with Crippen LogP contribution in [0.1, 0.15) is 65.5 Å². The zero-order valence-corrected chi connectivity index (χ0v) is 21.9. The van der Waals surface area contributed by atoms with Crippen LogP contribution in [0.3, 0.4) is 0 Å². The third-order valence-corrected chi connectivity index (χ3v) is 6.30. The number of anilines is 1. The van der Waals surface area contributed by atoms with Gasteiger partial charge in [-0.3, -0.25) is 9.59 Å². The van der Waals surface area contributed by atoms with Crippen molar-refractivity contribution in [3.8, 4) is 11.5 Å². The molecule has 0 radical (unpaired) electrons. The lowest BCUT2D eigenvalue weighted by atomic mass is 9.85. The Morgan fingerprint density at radius 1 is 0.973 bits per heavy atom. The highest BCUT2D eigenvalue weighted by atomic mass is 16.5. The molecule has 6 nitrogen and oxygen atoms in total. The van der Waals surface area contributed by atoms with E-state index >= 15 is 0 Å². The van der Waals surface area contributed by atoms with Gasteiger partial charge in [-0.2, -0.15) is 0 Å². The molecule has 6 heteroatoms. The normalized spacial score (nSPS) is 14.9. The second kappa shape index (κ2) is 11.3. The van der Waals surface area contributed by atoms with E-state index in [4.69, 9.17) is 9.47 Å². The molecule has 0 atom stereocenters. The zero-order chi connectivity index (χ0) is 26.4. The van der Waals surface area contributed by atoms with Crippen molar-refractivity contribution >= 4 is 23.1 Å². The molecular weight excluding hydrogens is 464 g/mol. The number of carbonyl (C=O) groups excluding carboxylic acids is 2. The number of fused-ring (bicyclic) bond motifs is 1. The van der Waals surface area contributed by atoms with Crippen LogP contribution in [-0.2, 0) is 6.42 Å². The number of allylic oxidation sites excluding steroid dienone is 1. The Balaban J connectivity index is 1.44. The molecule has 0 spiro atoms. The molecule has 0 bridgehead atoms. The highest BCUT2D eigenvalue weighted by Crippen LogP contribution is 2.32. The average Bonchev–Trinajstić information content (AvgIpc) is 2.89. The van der Waals surface area contributed by atoms with E-state index in [-0.39, 0.29) is 17.2 Å². The summed E-state index contributed by atoms with van der Waals surface area (Å²) in [6.07, 6.45) is 4.55. The average molecular weight is 499 g/mol. The first-order chi connectivity index (χ1) is 17.8. The quantitative estimate of drug-likeness (QED) is 0.206. The van der Waals surface area contributed by atoms with Gasteiger partial charge in [0.25, 0.3) is 5.91 Å². The van der Waals surface area contributed by atoms with Gasteiger partial charge in [-0.1, -0.05) is 19.4 Å². The van der Waals surface area contributed by atoms with E-state index in [0.29, 0.717) is 23.4 Å². The first-order valence-electron chi connectivity index (χ1n) is 12.6. The number of carbonyl (C=O) groups is 2. The Morgan fingerprint density at radius 2 is 1.65 bits per heavy atom. The largest absolute Gasteiger partial charge is 0.497 e. The predicted octanol–water partition coefficient (Wildman–Crippen LogP) is 6.27. The molecule has 0 aliphatic carbocycles. The maximum atomic E-state index is 13.1. The fourth-order valence-corrected chi connectivity index (χ4v) is 4.33. The lowest BCUT2D eigenvalue weighted by molar-refractivity contribution is 0.102. The lowest BCUT2D eigenvalue weighted by Gasteiger charge is -2.35. The summed E-state index contributed by atoms with van der Waals surface area (Å²) in [6, 6.07) is 20.0. The molecule has 0 aromatic heterocycles. The number of rotatable bonds is 9. The van der Waals surface area contributed by atoms with Gasteiger partial charge in [0.1, 0.15) is 11.5 Å². The maximum absolute atomic E-state index is 13.1. The molecule has 1 aliphatic heterocycles. The molecular formula is C31H34N2O4. The Morgan fingerprint density at radius 3 is 2.32 bits per heavy atom. The van der Waals surface area contributed by atoms with Crippen LogP contribution < -0.4 is 20.1 Å². The highest BCUT2D eigenvalue weighted by molar-refractivity contribution is 6.09. The zero-order valence-electron chi connectivity index (χ0n) is 21.9. The summed E-state index contributed by atoms with van der Waals surface area (Å²) in [5, 5.41) is 6.37. The van der Waals surface area contributed by atoms with Crippen LogP contribution in [-0.4, -0.2) is 30.9 Å². The van der Waals surface area contributed by atoms with Crippen LogP contribution in [0.2, 0.25) is 0 Å². The number of ketones is 1. The van der Waals surface area contributed by atoms with Crippen molar-refractivity contribution in [3.63, 3.8) is 0 Å². The molecule has 3 aromatic rings. The third-order valence-electron chi connectivity index (χ3n) is 6.30. The van der Waals surface area contributed by atoms with E-state index in [1.165, 1.54) is 5.56 Å². The number of benzene rings is 3. The van der Waals surface area contributed by atoms with Gasteiger partial charge in [-0.25, -0.2) is 0 Å². The van der Waals surface area contributed by atoms with Gasteiger partial charge < -0.3 is 20.1 Å². The van der Waals surface area contributed by atoms with E-state index in [1.54, 1.807) is 61.7 Å². The van der Waals surface area contributed by atoms with E-state index in [9.17, 15) is 9.59 Å². The summed E-state index contributed by atoms with van der Waals surface area (Å²) in [6.45, 7) is 7.01. The number of ether oxygens (including phenoxy) is 2. The lowest BCUT2D eigenvalue weighted by Crippen LogP contribution is -2.43. The van der Waals surface area contributed by atoms with Gasteiger partial charge in [0.2, 0.25) is 0 Å². The second-order valence-corrected chi connectivity index (χ2v) is 9.89. The maximum Gasteiger partial charge on any atom is 0.255 e. The van der Waals surface area contributed by atoms with Gasteiger partial charge in [0, 0.05) is 39.7 Å². The number of unbranched alkanes of at least 4 members (excludes halogenated alkanes) is 1. The van der Waals surface area contributed by atoms with Gasteiger partial charge in [-0.15, -0.1) is 0 Å². The van der Waals surface area contributed by atoms with Crippen molar-refractivity contribution < 1.29 is 19.1 Å². The number of nitrogens with one attached hydrogen (secondary N) is 2. The van der Waals surface area contributed by atoms with Gasteiger partial charge >= 0.3 is 0 Å². The summed E-state index contributed by atoms with van der Waals surface area (Å²) in [7, 11) is 1.63. The van der Waals surface area contributed by atoms with Crippen molar-refractivity contribution in [3.05, 3.63) is 95.1 Å². The Kier molecular flexibility index (Phi) is 7.97. The fourth-order valence-electron chi connectivity index (χ4n) is 4.33. The van der Waals surface area contributed by atoms with E-state index < -0.39 is 0 Å². The summed E-state index contributed by atoms with van der Waals surface area (Å²) in [5.41, 5.74) is 4.42. The molecule has 192 valence electrons. The Labute approximate surface area is 218 Å². The third kappa shape index (κ3) is 6.58. The summed E-state index contributed by atoms with van der Waals surface area (Å²) >= 11 is 0. The standard InChI is InChI=1S/C31H34N2O4/c1-5-6-17-37-25-14-9-22(10-15-25)30(35)32-24-12-7-21(8-13-24)29(34)19-28-27-18-26(36-4)16-11-23(27)20-31(2,3)33-28/h7-16,18-19,33H,5-6,17,20H2,1-4H3,(H,32,35). The SMILES string of the molecule is CCCCOc1ccc(C(=O)Nc2ccc(C(=O)C=C3NC(C)(C)Cc4ccc(OC)cc43)cc2)cc1. The summed E-state index contributed by atoms with van der Waals surface area (Å²) < 4.78 is 11.0. The molecule has 4 rings (SSSR count). The van der Waals surface area contributed by atoms with Gasteiger partial charge in [0.15, 0.2) is 5.78 Å². The molecule has 1 aliphatic rings. The first-order valence-corrected chi connectivity index (χ1v) is 12.6. The van der Waals surface area contributed by atoms with Gasteiger partial charge in [0.05, 0.1) is 13.7 Å². The molecule has 37 heavy (non-hydrogen) atoms. The van der Waals surface area contributed by atoms with E-state index in [1.807, 2.05) is 12.1 Å². The minimum Gasteiger partial charge on any atom is -0.497 e. The molecule has 1 heterocycles. The molecule has 0 saturated carbocycles. The molecule has 1 amide bonds. The fraction of sp³-hybridized carbons (Fsp3) is 0.290. The summed E-state index contributed by atoms with van der Waals surface area (Å²) in [5.74, 6) is 1.15. The molecule has 0 unspecified atom stereocenters. The van der Waals surface area contributed by atoms with E-state index in [2.05, 4.69) is 37.5 Å². The first kappa shape index (κ1) is 26.0. The number of amides is 1. The predicted molar refractivity (Wildman–Crippen MR) is 147 cm³/mol. The summed E-state index contributed by atoms with van der Waals surface area (Å²) in [4.78, 5) is 25.8. The van der Waals surface area contributed by atoms with Crippen molar-refractivity contribution in [2.75, 3.05) is 19.0 Å². The van der Waals surface area contributed by atoms with Crippen molar-refractivity contribution in [2.24, 2.45) is 0 Å². The monoisotopic (exact) mass is 498 g/mol. The van der Waals surface area contributed by atoms with Crippen LogP contribution in [0.25, 0.3) is 5.70 Å². The molecule has 0 fully saturated rings. The van der Waals surface area contributed by atoms with Gasteiger partial charge in [-0.05, 0) is 92.9 Å². The number of hydrogen-bond donors (Lipinski definition) is 2. The topological polar surface area (TPSA) is 76.7 Å². The molecule has 2 N–H and O–H groups in total. The van der Waals surface area contributed by atoms with Crippen LogP contribution in [0.15, 0.2) is 72.8 Å². The number of methoxy groups -OCH3 is 1. The van der Waals surface area contributed by atoms with Crippen molar-refractivity contribution in [2.45, 2.75) is 45.6 Å². The minimum atomic E-state index is -0.222. The Bertz CT molecular complexity index is 1290.